The van der Waals surface area contributed by atoms with E-state index in [0.29, 0.717) is 36.0 Å². The molecule has 1 heterocycles. The van der Waals surface area contributed by atoms with Crippen molar-refractivity contribution in [3.63, 3.8) is 0 Å². The summed E-state index contributed by atoms with van der Waals surface area (Å²) in [5, 5.41) is -0.353. The predicted molar refractivity (Wildman–Crippen MR) is 75.7 cm³/mol. The highest BCUT2D eigenvalue weighted by atomic mass is 32.2. The van der Waals surface area contributed by atoms with E-state index in [-0.39, 0.29) is 11.0 Å². The molecule has 4 nitrogen and oxygen atoms in total. The second-order valence-electron chi connectivity index (χ2n) is 5.16. The van der Waals surface area contributed by atoms with Crippen molar-refractivity contribution in [3.8, 4) is 11.5 Å². The Morgan fingerprint density at radius 1 is 1.05 bits per heavy atom. The Morgan fingerprint density at radius 2 is 1.85 bits per heavy atom. The second-order valence-corrected chi connectivity index (χ2v) is 6.79. The maximum Gasteiger partial charge on any atom is 0.162 e. The third-order valence-electron chi connectivity index (χ3n) is 3.71. The standard InChI is InChI=1S/C15H18O4S/c16-12-4-1-2-5-15(12)20(17)11-6-7-13-14(10-11)19-9-3-8-18-13/h6-7,10,15H,1-5,8-9H2. The maximum atomic E-state index is 12.6. The number of benzene rings is 1. The number of hydrogen-bond donors (Lipinski definition) is 0. The van der Waals surface area contributed by atoms with Gasteiger partial charge in [-0.05, 0) is 25.0 Å². The molecular formula is C15H18O4S. The predicted octanol–water partition coefficient (Wildman–Crippen LogP) is 2.47. The molecule has 2 unspecified atom stereocenters. The Balaban J connectivity index is 1.84. The summed E-state index contributed by atoms with van der Waals surface area (Å²) in [5.74, 6) is 1.46. The fourth-order valence-corrected chi connectivity index (χ4v) is 4.10. The minimum Gasteiger partial charge on any atom is -0.490 e. The zero-order chi connectivity index (χ0) is 13.9. The fraction of sp³-hybridized carbons (Fsp3) is 0.533. The van der Waals surface area contributed by atoms with Crippen LogP contribution in [0.25, 0.3) is 0 Å². The Morgan fingerprint density at radius 3 is 2.65 bits per heavy atom. The molecule has 1 fully saturated rings. The molecule has 0 amide bonds. The number of fused-ring (bicyclic) bond motifs is 1. The molecular weight excluding hydrogens is 276 g/mol. The molecule has 1 saturated carbocycles. The van der Waals surface area contributed by atoms with Crippen LogP contribution in [0.15, 0.2) is 23.1 Å². The van der Waals surface area contributed by atoms with Gasteiger partial charge in [0.1, 0.15) is 5.78 Å². The van der Waals surface area contributed by atoms with Crippen molar-refractivity contribution in [1.29, 1.82) is 0 Å². The van der Waals surface area contributed by atoms with Gasteiger partial charge in [0.25, 0.3) is 0 Å². The molecule has 1 aromatic rings. The molecule has 0 radical (unpaired) electrons. The van der Waals surface area contributed by atoms with Crippen molar-refractivity contribution in [2.75, 3.05) is 13.2 Å². The first-order chi connectivity index (χ1) is 9.75. The van der Waals surface area contributed by atoms with Gasteiger partial charge >= 0.3 is 0 Å². The van der Waals surface area contributed by atoms with Gasteiger partial charge in [-0.15, -0.1) is 0 Å². The van der Waals surface area contributed by atoms with Crippen LogP contribution in [-0.2, 0) is 15.6 Å². The van der Waals surface area contributed by atoms with Crippen LogP contribution in [-0.4, -0.2) is 28.5 Å². The monoisotopic (exact) mass is 294 g/mol. The highest BCUT2D eigenvalue weighted by Crippen LogP contribution is 2.33. The largest absolute Gasteiger partial charge is 0.490 e. The lowest BCUT2D eigenvalue weighted by molar-refractivity contribution is -0.119. The lowest BCUT2D eigenvalue weighted by Gasteiger charge is -2.20. The molecule has 5 heteroatoms. The van der Waals surface area contributed by atoms with E-state index in [9.17, 15) is 9.00 Å². The Labute approximate surface area is 120 Å². The second kappa shape index (κ2) is 5.95. The van der Waals surface area contributed by atoms with Gasteiger partial charge in [-0.3, -0.25) is 9.00 Å². The fourth-order valence-electron chi connectivity index (χ4n) is 2.61. The third kappa shape index (κ3) is 2.73. The number of ether oxygens (including phenoxy) is 2. The van der Waals surface area contributed by atoms with Crippen molar-refractivity contribution < 1.29 is 18.5 Å². The smallest absolute Gasteiger partial charge is 0.162 e. The lowest BCUT2D eigenvalue weighted by Crippen LogP contribution is -2.29. The molecule has 0 saturated heterocycles. The van der Waals surface area contributed by atoms with Gasteiger partial charge in [0.2, 0.25) is 0 Å². The van der Waals surface area contributed by atoms with Crippen LogP contribution in [0, 0.1) is 0 Å². The summed E-state index contributed by atoms with van der Waals surface area (Å²) in [6, 6.07) is 5.34. The summed E-state index contributed by atoms with van der Waals surface area (Å²) in [7, 11) is -1.29. The molecule has 20 heavy (non-hydrogen) atoms. The SMILES string of the molecule is O=C1CCCCC1S(=O)c1ccc2c(c1)OCCCO2. The van der Waals surface area contributed by atoms with Crippen molar-refractivity contribution in [2.24, 2.45) is 0 Å². The minimum absolute atomic E-state index is 0.127. The molecule has 0 N–H and O–H groups in total. The van der Waals surface area contributed by atoms with E-state index in [2.05, 4.69) is 0 Å². The van der Waals surface area contributed by atoms with E-state index < -0.39 is 10.8 Å². The van der Waals surface area contributed by atoms with E-state index in [4.69, 9.17) is 9.47 Å². The Kier molecular flexibility index (Phi) is 4.05. The lowest BCUT2D eigenvalue weighted by atomic mass is 9.99. The first-order valence-corrected chi connectivity index (χ1v) is 8.30. The maximum absolute atomic E-state index is 12.6. The molecule has 0 bridgehead atoms. The third-order valence-corrected chi connectivity index (χ3v) is 5.44. The number of rotatable bonds is 2. The first kappa shape index (κ1) is 13.6. The molecule has 2 atom stereocenters. The van der Waals surface area contributed by atoms with Crippen LogP contribution in [0.4, 0.5) is 0 Å². The summed E-state index contributed by atoms with van der Waals surface area (Å²) in [5.41, 5.74) is 0. The van der Waals surface area contributed by atoms with Crippen LogP contribution in [0.3, 0.4) is 0 Å². The van der Waals surface area contributed by atoms with Crippen LogP contribution in [0.2, 0.25) is 0 Å². The number of carbonyl (C=O) groups excluding carboxylic acids is 1. The van der Waals surface area contributed by atoms with E-state index in [1.165, 1.54) is 0 Å². The van der Waals surface area contributed by atoms with Crippen LogP contribution < -0.4 is 9.47 Å². The average Bonchev–Trinajstić information content (AvgIpc) is 2.71. The Hall–Kier alpha value is -1.36. The first-order valence-electron chi connectivity index (χ1n) is 7.08. The van der Waals surface area contributed by atoms with Crippen LogP contribution in [0.1, 0.15) is 32.1 Å². The van der Waals surface area contributed by atoms with Gasteiger partial charge in [-0.1, -0.05) is 6.42 Å². The molecule has 2 aliphatic rings. The van der Waals surface area contributed by atoms with Crippen LogP contribution >= 0.6 is 0 Å². The quantitative estimate of drug-likeness (QED) is 0.841. The molecule has 108 valence electrons. The van der Waals surface area contributed by atoms with Crippen LogP contribution in [0.5, 0.6) is 11.5 Å². The molecule has 1 aromatic carbocycles. The van der Waals surface area contributed by atoms with E-state index in [1.54, 1.807) is 18.2 Å². The number of hydrogen-bond acceptors (Lipinski definition) is 4. The molecule has 1 aliphatic carbocycles. The summed E-state index contributed by atoms with van der Waals surface area (Å²) in [4.78, 5) is 12.6. The van der Waals surface area contributed by atoms with Crippen molar-refractivity contribution in [1.82, 2.24) is 0 Å². The minimum atomic E-state index is -1.29. The normalized spacial score (nSPS) is 24.0. The molecule has 0 aromatic heterocycles. The summed E-state index contributed by atoms with van der Waals surface area (Å²) >= 11 is 0. The Bertz CT molecular complexity index is 541. The highest BCUT2D eigenvalue weighted by molar-refractivity contribution is 7.86. The average molecular weight is 294 g/mol. The summed E-state index contributed by atoms with van der Waals surface area (Å²) in [6.45, 7) is 1.24. The number of carbonyl (C=O) groups is 1. The van der Waals surface area contributed by atoms with E-state index >= 15 is 0 Å². The van der Waals surface area contributed by atoms with E-state index in [0.717, 1.165) is 25.7 Å². The summed E-state index contributed by atoms with van der Waals surface area (Å²) in [6.07, 6.45) is 4.02. The summed E-state index contributed by atoms with van der Waals surface area (Å²) < 4.78 is 23.7. The molecule has 3 rings (SSSR count). The van der Waals surface area contributed by atoms with Crippen molar-refractivity contribution in [2.45, 2.75) is 42.2 Å². The van der Waals surface area contributed by atoms with Gasteiger partial charge in [-0.25, -0.2) is 0 Å². The zero-order valence-corrected chi connectivity index (χ0v) is 12.1. The van der Waals surface area contributed by atoms with Gasteiger partial charge < -0.3 is 9.47 Å². The number of ketones is 1. The topological polar surface area (TPSA) is 52.6 Å². The van der Waals surface area contributed by atoms with E-state index in [1.807, 2.05) is 0 Å². The number of Topliss-reactive ketones (excluding diaryl/α,β-unsaturated/α-hetero) is 1. The van der Waals surface area contributed by atoms with Crippen molar-refractivity contribution >= 4 is 16.6 Å². The zero-order valence-electron chi connectivity index (χ0n) is 11.3. The van der Waals surface area contributed by atoms with Gasteiger partial charge in [0.05, 0.1) is 29.3 Å². The van der Waals surface area contributed by atoms with Gasteiger partial charge in [0, 0.05) is 23.8 Å². The molecule has 0 spiro atoms. The van der Waals surface area contributed by atoms with Gasteiger partial charge in [-0.2, -0.15) is 0 Å². The van der Waals surface area contributed by atoms with Gasteiger partial charge in [0.15, 0.2) is 11.5 Å². The van der Waals surface area contributed by atoms with Crippen molar-refractivity contribution in [3.05, 3.63) is 18.2 Å². The highest BCUT2D eigenvalue weighted by Gasteiger charge is 2.29. The molecule has 1 aliphatic heterocycles.